The molecule has 150 valence electrons. The van der Waals surface area contributed by atoms with Crippen molar-refractivity contribution in [3.8, 4) is 5.75 Å². The van der Waals surface area contributed by atoms with Crippen molar-refractivity contribution in [2.24, 2.45) is 0 Å². The summed E-state index contributed by atoms with van der Waals surface area (Å²) < 4.78 is 27.5. The molecule has 0 aromatic heterocycles. The van der Waals surface area contributed by atoms with Gasteiger partial charge in [-0.2, -0.15) is 8.42 Å². The number of hydrogen-bond donors (Lipinski definition) is 0. The number of non-ortho nitro benzene ring substituents is 1. The molecule has 0 N–H and O–H groups in total. The van der Waals surface area contributed by atoms with Crippen molar-refractivity contribution in [1.29, 1.82) is 0 Å². The zero-order valence-corrected chi connectivity index (χ0v) is 16.7. The largest absolute Gasteiger partial charge is 0.383 e. The van der Waals surface area contributed by atoms with Gasteiger partial charge in [-0.1, -0.05) is 19.1 Å². The minimum absolute atomic E-state index is 0.0859. The predicted molar refractivity (Wildman–Crippen MR) is 105 cm³/mol. The Morgan fingerprint density at radius 3 is 2.39 bits per heavy atom. The Morgan fingerprint density at radius 2 is 1.86 bits per heavy atom. The second-order valence-electron chi connectivity index (χ2n) is 6.43. The molecule has 8 nitrogen and oxygen atoms in total. The lowest BCUT2D eigenvalue weighted by molar-refractivity contribution is -0.384. The van der Waals surface area contributed by atoms with Gasteiger partial charge in [-0.3, -0.25) is 14.9 Å². The minimum atomic E-state index is -3.65. The first-order chi connectivity index (χ1) is 13.1. The second kappa shape index (κ2) is 8.83. The predicted octanol–water partition coefficient (Wildman–Crippen LogP) is 3.37. The van der Waals surface area contributed by atoms with Crippen LogP contribution >= 0.6 is 0 Å². The molecule has 0 radical (unpaired) electrons. The summed E-state index contributed by atoms with van der Waals surface area (Å²) in [6.45, 7) is 4.09. The summed E-state index contributed by atoms with van der Waals surface area (Å²) in [6, 6.07) is 11.9. The van der Waals surface area contributed by atoms with E-state index in [9.17, 15) is 23.3 Å². The highest BCUT2D eigenvalue weighted by molar-refractivity contribution is 7.86. The molecule has 0 unspecified atom stereocenters. The zero-order chi connectivity index (χ0) is 20.9. The smallest absolute Gasteiger partial charge is 0.306 e. The molecule has 1 amide bonds. The molecular weight excluding hydrogens is 384 g/mol. The third kappa shape index (κ3) is 5.78. The van der Waals surface area contributed by atoms with Crippen molar-refractivity contribution in [2.75, 3.05) is 6.26 Å². The van der Waals surface area contributed by atoms with Gasteiger partial charge in [0, 0.05) is 30.3 Å². The Labute approximate surface area is 164 Å². The molecule has 0 fully saturated rings. The Bertz CT molecular complexity index is 957. The molecule has 28 heavy (non-hydrogen) atoms. The van der Waals surface area contributed by atoms with Crippen molar-refractivity contribution in [1.82, 2.24) is 4.90 Å². The third-order valence-corrected chi connectivity index (χ3v) is 4.70. The number of amides is 1. The third-order valence-electron chi connectivity index (χ3n) is 4.21. The van der Waals surface area contributed by atoms with Gasteiger partial charge in [0.2, 0.25) is 0 Å². The summed E-state index contributed by atoms with van der Waals surface area (Å²) in [6.07, 6.45) is 1.67. The van der Waals surface area contributed by atoms with Crippen LogP contribution in [-0.4, -0.2) is 36.4 Å². The zero-order valence-electron chi connectivity index (χ0n) is 15.9. The molecule has 2 aromatic rings. The van der Waals surface area contributed by atoms with Crippen molar-refractivity contribution in [3.63, 3.8) is 0 Å². The maximum absolute atomic E-state index is 13.0. The van der Waals surface area contributed by atoms with Crippen LogP contribution < -0.4 is 4.18 Å². The van der Waals surface area contributed by atoms with E-state index in [-0.39, 0.29) is 29.9 Å². The van der Waals surface area contributed by atoms with Crippen molar-refractivity contribution in [3.05, 3.63) is 69.8 Å². The van der Waals surface area contributed by atoms with Crippen molar-refractivity contribution in [2.45, 2.75) is 32.9 Å². The molecule has 0 bridgehead atoms. The Kier molecular flexibility index (Phi) is 6.74. The van der Waals surface area contributed by atoms with Gasteiger partial charge in [-0.25, -0.2) is 0 Å². The Hall–Kier alpha value is -2.94. The summed E-state index contributed by atoms with van der Waals surface area (Å²) >= 11 is 0. The Balaban J connectivity index is 2.28. The first-order valence-corrected chi connectivity index (χ1v) is 10.5. The van der Waals surface area contributed by atoms with Crippen molar-refractivity contribution >= 4 is 21.7 Å². The fourth-order valence-electron chi connectivity index (χ4n) is 2.61. The van der Waals surface area contributed by atoms with Crippen LogP contribution in [0.4, 0.5) is 5.69 Å². The highest BCUT2D eigenvalue weighted by atomic mass is 32.2. The van der Waals surface area contributed by atoms with E-state index in [4.69, 9.17) is 4.18 Å². The second-order valence-corrected chi connectivity index (χ2v) is 8.00. The van der Waals surface area contributed by atoms with Crippen LogP contribution in [0.15, 0.2) is 48.5 Å². The molecule has 0 aliphatic carbocycles. The van der Waals surface area contributed by atoms with Crippen LogP contribution in [-0.2, 0) is 16.7 Å². The van der Waals surface area contributed by atoms with Crippen LogP contribution in [0.2, 0.25) is 0 Å². The highest BCUT2D eigenvalue weighted by Crippen LogP contribution is 2.21. The van der Waals surface area contributed by atoms with Crippen LogP contribution in [0.1, 0.15) is 36.2 Å². The van der Waals surface area contributed by atoms with E-state index >= 15 is 0 Å². The van der Waals surface area contributed by atoms with Gasteiger partial charge in [0.1, 0.15) is 5.75 Å². The number of rotatable bonds is 8. The number of carbonyl (C=O) groups excluding carboxylic acids is 1. The first kappa shape index (κ1) is 21.4. The van der Waals surface area contributed by atoms with Gasteiger partial charge < -0.3 is 9.08 Å². The first-order valence-electron chi connectivity index (χ1n) is 8.64. The number of carbonyl (C=O) groups is 1. The summed E-state index contributed by atoms with van der Waals surface area (Å²) in [5.74, 6) is -0.0921. The summed E-state index contributed by atoms with van der Waals surface area (Å²) in [5.41, 5.74) is 0.961. The van der Waals surface area contributed by atoms with Gasteiger partial charge in [0.15, 0.2) is 0 Å². The quantitative estimate of drug-likeness (QED) is 0.378. The average molecular weight is 406 g/mol. The Morgan fingerprint density at radius 1 is 1.21 bits per heavy atom. The highest BCUT2D eigenvalue weighted by Gasteiger charge is 2.22. The van der Waals surface area contributed by atoms with E-state index in [0.29, 0.717) is 17.5 Å². The molecule has 0 aliphatic heterocycles. The lowest BCUT2D eigenvalue weighted by Crippen LogP contribution is -2.37. The topological polar surface area (TPSA) is 107 Å². The minimum Gasteiger partial charge on any atom is -0.383 e. The molecule has 2 aromatic carbocycles. The van der Waals surface area contributed by atoms with E-state index in [1.165, 1.54) is 30.3 Å². The lowest BCUT2D eigenvalue weighted by atomic mass is 10.1. The number of nitro groups is 1. The van der Waals surface area contributed by atoms with E-state index in [1.807, 2.05) is 13.8 Å². The van der Waals surface area contributed by atoms with Gasteiger partial charge in [0.05, 0.1) is 11.2 Å². The number of hydrogen-bond acceptors (Lipinski definition) is 6. The fourth-order valence-corrected chi connectivity index (χ4v) is 3.06. The molecule has 1 atom stereocenters. The molecule has 0 saturated carbocycles. The monoisotopic (exact) mass is 406 g/mol. The summed E-state index contributed by atoms with van der Waals surface area (Å²) in [5, 5.41) is 10.8. The average Bonchev–Trinajstić information content (AvgIpc) is 2.64. The van der Waals surface area contributed by atoms with E-state index in [1.54, 1.807) is 23.1 Å². The molecule has 0 aliphatic rings. The van der Waals surface area contributed by atoms with Crippen molar-refractivity contribution < 1.29 is 22.3 Å². The SMILES string of the molecule is CC[C@@H](C)N(Cc1cccc(OS(C)(=O)=O)c1)C(=O)c1ccc([N+](=O)[O-])cc1. The van der Waals surface area contributed by atoms with Gasteiger partial charge in [-0.05, 0) is 43.2 Å². The van der Waals surface area contributed by atoms with Gasteiger partial charge >= 0.3 is 10.1 Å². The van der Waals surface area contributed by atoms with Gasteiger partial charge in [0.25, 0.3) is 11.6 Å². The summed E-state index contributed by atoms with van der Waals surface area (Å²) in [4.78, 5) is 24.9. The molecule has 0 spiro atoms. The van der Waals surface area contributed by atoms with E-state index in [0.717, 1.165) is 6.26 Å². The van der Waals surface area contributed by atoms with Gasteiger partial charge in [-0.15, -0.1) is 0 Å². The fraction of sp³-hybridized carbons (Fsp3) is 0.316. The van der Waals surface area contributed by atoms with Crippen LogP contribution in [0.3, 0.4) is 0 Å². The normalized spacial score (nSPS) is 12.2. The number of benzene rings is 2. The molecule has 2 rings (SSSR count). The molecule has 9 heteroatoms. The maximum Gasteiger partial charge on any atom is 0.306 e. The van der Waals surface area contributed by atoms with Crippen LogP contribution in [0.5, 0.6) is 5.75 Å². The number of nitrogens with zero attached hydrogens (tertiary/aromatic N) is 2. The molecule has 0 saturated heterocycles. The van der Waals surface area contributed by atoms with E-state index < -0.39 is 15.0 Å². The molecule has 0 heterocycles. The number of nitro benzene ring substituents is 1. The van der Waals surface area contributed by atoms with Crippen LogP contribution in [0, 0.1) is 10.1 Å². The van der Waals surface area contributed by atoms with E-state index in [2.05, 4.69) is 0 Å². The standard InChI is InChI=1S/C19H22N2O6S/c1-4-14(2)20(19(22)16-8-10-17(11-9-16)21(23)24)13-15-6-5-7-18(12-15)27-28(3,25)26/h5-12,14H,4,13H2,1-3H3/t14-/m1/s1. The maximum atomic E-state index is 13.0. The summed E-state index contributed by atoms with van der Waals surface area (Å²) in [7, 11) is -3.65. The lowest BCUT2D eigenvalue weighted by Gasteiger charge is -2.29. The van der Waals surface area contributed by atoms with Crippen LogP contribution in [0.25, 0.3) is 0 Å². The molecular formula is C19H22N2O6S.